The van der Waals surface area contributed by atoms with E-state index in [9.17, 15) is 9.59 Å². The van der Waals surface area contributed by atoms with E-state index in [2.05, 4.69) is 15.3 Å². The largest absolute Gasteiger partial charge is 0.444 e. The Kier molecular flexibility index (Phi) is 5.02. The number of rotatable bonds is 2. The topological polar surface area (TPSA) is 87.7 Å². The average molecular weight is 321 g/mol. The first-order valence-corrected chi connectivity index (χ1v) is 7.57. The third kappa shape index (κ3) is 5.08. The number of carbonyl (C=O) groups excluding carboxylic acids is 2. The highest BCUT2D eigenvalue weighted by molar-refractivity contribution is 5.88. The van der Waals surface area contributed by atoms with Crippen LogP contribution < -0.4 is 10.2 Å². The summed E-state index contributed by atoms with van der Waals surface area (Å²) in [6.07, 6.45) is 2.85. The Balaban J connectivity index is 1.89. The molecule has 23 heavy (non-hydrogen) atoms. The summed E-state index contributed by atoms with van der Waals surface area (Å²) < 4.78 is 5.37. The second kappa shape index (κ2) is 6.80. The number of hydrogen-bond acceptors (Lipinski definition) is 6. The minimum atomic E-state index is -0.489. The van der Waals surface area contributed by atoms with Crippen molar-refractivity contribution in [2.45, 2.75) is 33.3 Å². The first-order valence-electron chi connectivity index (χ1n) is 7.57. The lowest BCUT2D eigenvalue weighted by Crippen LogP contribution is -2.50. The molecule has 0 spiro atoms. The van der Waals surface area contributed by atoms with Crippen LogP contribution in [-0.2, 0) is 9.53 Å². The van der Waals surface area contributed by atoms with Gasteiger partial charge in [0, 0.05) is 33.1 Å². The van der Waals surface area contributed by atoms with Crippen LogP contribution in [0, 0.1) is 0 Å². The first-order chi connectivity index (χ1) is 10.7. The van der Waals surface area contributed by atoms with Crippen molar-refractivity contribution in [3.63, 3.8) is 0 Å². The molecule has 0 aromatic carbocycles. The summed E-state index contributed by atoms with van der Waals surface area (Å²) in [7, 11) is 0. The average Bonchev–Trinajstić information content (AvgIpc) is 2.46. The smallest absolute Gasteiger partial charge is 0.410 e. The van der Waals surface area contributed by atoms with Gasteiger partial charge in [-0.1, -0.05) is 0 Å². The molecule has 1 aliphatic heterocycles. The number of aromatic nitrogens is 2. The fourth-order valence-electron chi connectivity index (χ4n) is 2.17. The van der Waals surface area contributed by atoms with Gasteiger partial charge in [-0.15, -0.1) is 0 Å². The summed E-state index contributed by atoms with van der Waals surface area (Å²) in [4.78, 5) is 35.2. The van der Waals surface area contributed by atoms with Crippen molar-refractivity contribution in [2.75, 3.05) is 36.4 Å². The molecule has 1 N–H and O–H groups in total. The van der Waals surface area contributed by atoms with Crippen LogP contribution in [0.4, 0.5) is 16.4 Å². The lowest BCUT2D eigenvalue weighted by Gasteiger charge is -2.35. The van der Waals surface area contributed by atoms with Crippen molar-refractivity contribution in [3.8, 4) is 0 Å². The van der Waals surface area contributed by atoms with E-state index in [-0.39, 0.29) is 12.0 Å². The molecule has 0 radical (unpaired) electrons. The van der Waals surface area contributed by atoms with E-state index in [1.807, 2.05) is 25.7 Å². The predicted molar refractivity (Wildman–Crippen MR) is 86.4 cm³/mol. The second-order valence-electron chi connectivity index (χ2n) is 6.41. The van der Waals surface area contributed by atoms with Crippen molar-refractivity contribution in [3.05, 3.63) is 12.4 Å². The van der Waals surface area contributed by atoms with Crippen LogP contribution in [0.5, 0.6) is 0 Å². The molecule has 8 heteroatoms. The molecule has 2 heterocycles. The molecule has 8 nitrogen and oxygen atoms in total. The van der Waals surface area contributed by atoms with Gasteiger partial charge >= 0.3 is 6.09 Å². The number of nitrogens with zero attached hydrogens (tertiary/aromatic N) is 4. The van der Waals surface area contributed by atoms with Gasteiger partial charge in [0.25, 0.3) is 0 Å². The van der Waals surface area contributed by atoms with Gasteiger partial charge in [-0.2, -0.15) is 0 Å². The molecule has 1 fully saturated rings. The standard InChI is InChI=1S/C15H23N5O3/c1-11(21)18-12-9-16-13(17-10-12)19-5-7-20(8-6-19)14(22)23-15(2,3)4/h9-10H,5-8H2,1-4H3,(H,18,21). The second-order valence-corrected chi connectivity index (χ2v) is 6.41. The van der Waals surface area contributed by atoms with Gasteiger partial charge in [0.2, 0.25) is 11.9 Å². The van der Waals surface area contributed by atoms with E-state index in [0.717, 1.165) is 0 Å². The summed E-state index contributed by atoms with van der Waals surface area (Å²) in [5, 5.41) is 2.63. The van der Waals surface area contributed by atoms with E-state index in [4.69, 9.17) is 4.74 Å². The van der Waals surface area contributed by atoms with Crippen LogP contribution in [0.3, 0.4) is 0 Å². The van der Waals surface area contributed by atoms with Crippen molar-refractivity contribution in [1.82, 2.24) is 14.9 Å². The van der Waals surface area contributed by atoms with Crippen molar-refractivity contribution in [1.29, 1.82) is 0 Å². The summed E-state index contributed by atoms with van der Waals surface area (Å²) in [5.74, 6) is 0.426. The minimum Gasteiger partial charge on any atom is -0.444 e. The molecule has 1 aromatic rings. The number of amides is 2. The number of piperazine rings is 1. The van der Waals surface area contributed by atoms with Crippen LogP contribution in [0.25, 0.3) is 0 Å². The summed E-state index contributed by atoms with van der Waals surface area (Å²) in [6.45, 7) is 9.39. The Morgan fingerprint density at radius 2 is 1.70 bits per heavy atom. The molecule has 0 unspecified atom stereocenters. The number of anilines is 2. The van der Waals surface area contributed by atoms with E-state index >= 15 is 0 Å². The normalized spacial score (nSPS) is 15.3. The Labute approximate surface area is 135 Å². The van der Waals surface area contributed by atoms with Gasteiger partial charge in [0.15, 0.2) is 0 Å². The zero-order valence-electron chi connectivity index (χ0n) is 14.0. The lowest BCUT2D eigenvalue weighted by atomic mass is 10.2. The van der Waals surface area contributed by atoms with Gasteiger partial charge < -0.3 is 19.9 Å². The van der Waals surface area contributed by atoms with Gasteiger partial charge in [-0.05, 0) is 20.8 Å². The van der Waals surface area contributed by atoms with Crippen LogP contribution >= 0.6 is 0 Å². The molecule has 2 amide bonds. The lowest BCUT2D eigenvalue weighted by molar-refractivity contribution is -0.114. The number of nitrogens with one attached hydrogen (secondary N) is 1. The number of carbonyl (C=O) groups is 2. The van der Waals surface area contributed by atoms with Gasteiger partial charge in [-0.25, -0.2) is 14.8 Å². The Hall–Kier alpha value is -2.38. The molecule has 0 bridgehead atoms. The first kappa shape index (κ1) is 17.0. The van der Waals surface area contributed by atoms with E-state index in [1.165, 1.54) is 6.92 Å². The summed E-state index contributed by atoms with van der Waals surface area (Å²) >= 11 is 0. The highest BCUT2D eigenvalue weighted by atomic mass is 16.6. The maximum absolute atomic E-state index is 12.0. The van der Waals surface area contributed by atoms with Gasteiger partial charge in [0.05, 0.1) is 18.1 Å². The van der Waals surface area contributed by atoms with E-state index in [0.29, 0.717) is 37.8 Å². The Morgan fingerprint density at radius 1 is 1.13 bits per heavy atom. The summed E-state index contributed by atoms with van der Waals surface area (Å²) in [6, 6.07) is 0. The van der Waals surface area contributed by atoms with Gasteiger partial charge in [-0.3, -0.25) is 4.79 Å². The fraction of sp³-hybridized carbons (Fsp3) is 0.600. The zero-order valence-corrected chi connectivity index (χ0v) is 14.0. The highest BCUT2D eigenvalue weighted by Crippen LogP contribution is 2.15. The molecular formula is C15H23N5O3. The third-order valence-corrected chi connectivity index (χ3v) is 3.17. The predicted octanol–water partition coefficient (Wildman–Crippen LogP) is 1.49. The molecule has 0 aliphatic carbocycles. The molecule has 1 aromatic heterocycles. The molecule has 0 saturated carbocycles. The molecule has 1 saturated heterocycles. The number of ether oxygens (including phenoxy) is 1. The Bertz CT molecular complexity index is 559. The molecule has 1 aliphatic rings. The molecular weight excluding hydrogens is 298 g/mol. The fourth-order valence-corrected chi connectivity index (χ4v) is 2.17. The van der Waals surface area contributed by atoms with Gasteiger partial charge in [0.1, 0.15) is 5.60 Å². The van der Waals surface area contributed by atoms with Crippen LogP contribution in [-0.4, -0.2) is 58.6 Å². The zero-order chi connectivity index (χ0) is 17.0. The minimum absolute atomic E-state index is 0.160. The third-order valence-electron chi connectivity index (χ3n) is 3.17. The van der Waals surface area contributed by atoms with Crippen molar-refractivity contribution >= 4 is 23.6 Å². The maximum atomic E-state index is 12.0. The SMILES string of the molecule is CC(=O)Nc1cnc(N2CCN(C(=O)OC(C)(C)C)CC2)nc1. The highest BCUT2D eigenvalue weighted by Gasteiger charge is 2.26. The molecule has 126 valence electrons. The van der Waals surface area contributed by atoms with Crippen LogP contribution in [0.15, 0.2) is 12.4 Å². The monoisotopic (exact) mass is 321 g/mol. The quantitative estimate of drug-likeness (QED) is 0.888. The number of hydrogen-bond donors (Lipinski definition) is 1. The van der Waals surface area contributed by atoms with Crippen molar-refractivity contribution < 1.29 is 14.3 Å². The summed E-state index contributed by atoms with van der Waals surface area (Å²) in [5.41, 5.74) is 0.0743. The Morgan fingerprint density at radius 3 is 2.17 bits per heavy atom. The van der Waals surface area contributed by atoms with Crippen molar-refractivity contribution in [2.24, 2.45) is 0 Å². The van der Waals surface area contributed by atoms with Crippen LogP contribution in [0.2, 0.25) is 0 Å². The van der Waals surface area contributed by atoms with E-state index < -0.39 is 5.60 Å². The molecule has 0 atom stereocenters. The molecule has 2 rings (SSSR count). The van der Waals surface area contributed by atoms with Crippen LogP contribution in [0.1, 0.15) is 27.7 Å². The maximum Gasteiger partial charge on any atom is 0.410 e. The van der Waals surface area contributed by atoms with E-state index in [1.54, 1.807) is 17.3 Å².